The third kappa shape index (κ3) is 5.70. The average Bonchev–Trinajstić information content (AvgIpc) is 2.56. The zero-order valence-electron chi connectivity index (χ0n) is 14.0. The Kier molecular flexibility index (Phi) is 7.36. The largest absolute Gasteiger partial charge is 0.490 e. The first-order valence-electron chi connectivity index (χ1n) is 8.00. The number of halogens is 1. The van der Waals surface area contributed by atoms with Gasteiger partial charge in [0.05, 0.1) is 13.2 Å². The van der Waals surface area contributed by atoms with E-state index >= 15 is 0 Å². The zero-order chi connectivity index (χ0) is 17.4. The summed E-state index contributed by atoms with van der Waals surface area (Å²) >= 11 is 2.26. The molecule has 0 spiro atoms. The van der Waals surface area contributed by atoms with Crippen LogP contribution in [-0.4, -0.2) is 19.1 Å². The van der Waals surface area contributed by atoms with Gasteiger partial charge in [0, 0.05) is 15.7 Å². The summed E-state index contributed by atoms with van der Waals surface area (Å²) in [5.74, 6) is 1.45. The lowest BCUT2D eigenvalue weighted by Crippen LogP contribution is -2.13. The molecule has 0 heterocycles. The van der Waals surface area contributed by atoms with Crippen molar-refractivity contribution in [2.45, 2.75) is 26.7 Å². The van der Waals surface area contributed by atoms with Crippen molar-refractivity contribution in [3.8, 4) is 11.5 Å². The van der Waals surface area contributed by atoms with Crippen molar-refractivity contribution in [1.82, 2.24) is 0 Å². The average molecular weight is 439 g/mol. The van der Waals surface area contributed by atoms with E-state index in [2.05, 4.69) is 27.9 Å². The highest BCUT2D eigenvalue weighted by Crippen LogP contribution is 2.26. The standard InChI is InChI=1S/C19H22INO3/c1-3-23-17-7-4-5-8-18(17)24-12-6-9-19(22)21-16-11-10-15(20)13-14(16)2/h4-5,7-8,10-11,13H,3,6,9,12H2,1-2H3,(H,21,22). The van der Waals surface area contributed by atoms with Crippen LogP contribution < -0.4 is 14.8 Å². The number of benzene rings is 2. The van der Waals surface area contributed by atoms with E-state index < -0.39 is 0 Å². The molecule has 0 atom stereocenters. The number of carbonyl (C=O) groups excluding carboxylic acids is 1. The number of para-hydroxylation sites is 2. The molecule has 2 rings (SSSR count). The van der Waals surface area contributed by atoms with Crippen molar-refractivity contribution in [3.63, 3.8) is 0 Å². The van der Waals surface area contributed by atoms with Gasteiger partial charge in [-0.15, -0.1) is 0 Å². The Morgan fingerprint density at radius 1 is 1.12 bits per heavy atom. The molecule has 128 valence electrons. The molecule has 0 radical (unpaired) electrons. The summed E-state index contributed by atoms with van der Waals surface area (Å²) in [6.45, 7) is 5.00. The normalized spacial score (nSPS) is 10.3. The maximum Gasteiger partial charge on any atom is 0.224 e. The number of anilines is 1. The lowest BCUT2D eigenvalue weighted by molar-refractivity contribution is -0.116. The molecule has 0 fully saturated rings. The van der Waals surface area contributed by atoms with Gasteiger partial charge in [0.2, 0.25) is 5.91 Å². The molecule has 0 aromatic heterocycles. The molecular formula is C19H22INO3. The zero-order valence-corrected chi connectivity index (χ0v) is 16.1. The maximum absolute atomic E-state index is 12.0. The molecule has 0 aliphatic heterocycles. The van der Waals surface area contributed by atoms with Crippen LogP contribution in [0.15, 0.2) is 42.5 Å². The SMILES string of the molecule is CCOc1ccccc1OCCCC(=O)Nc1ccc(I)cc1C. The number of hydrogen-bond donors (Lipinski definition) is 1. The Balaban J connectivity index is 1.77. The fourth-order valence-electron chi connectivity index (χ4n) is 2.24. The number of carbonyl (C=O) groups is 1. The number of rotatable bonds is 8. The van der Waals surface area contributed by atoms with Crippen molar-refractivity contribution < 1.29 is 14.3 Å². The van der Waals surface area contributed by atoms with Crippen LogP contribution in [-0.2, 0) is 4.79 Å². The number of hydrogen-bond acceptors (Lipinski definition) is 3. The van der Waals surface area contributed by atoms with Gasteiger partial charge in [-0.1, -0.05) is 12.1 Å². The van der Waals surface area contributed by atoms with E-state index in [0.29, 0.717) is 31.8 Å². The highest BCUT2D eigenvalue weighted by molar-refractivity contribution is 14.1. The number of aryl methyl sites for hydroxylation is 1. The minimum Gasteiger partial charge on any atom is -0.490 e. The Morgan fingerprint density at radius 3 is 2.50 bits per heavy atom. The highest BCUT2D eigenvalue weighted by atomic mass is 127. The van der Waals surface area contributed by atoms with Crippen molar-refractivity contribution in [2.24, 2.45) is 0 Å². The van der Waals surface area contributed by atoms with Crippen LogP contribution >= 0.6 is 22.6 Å². The van der Waals surface area contributed by atoms with Crippen LogP contribution in [0.1, 0.15) is 25.3 Å². The van der Waals surface area contributed by atoms with E-state index in [1.165, 1.54) is 0 Å². The predicted molar refractivity (Wildman–Crippen MR) is 105 cm³/mol. The molecule has 2 aromatic carbocycles. The van der Waals surface area contributed by atoms with Crippen molar-refractivity contribution in [1.29, 1.82) is 0 Å². The number of nitrogens with one attached hydrogen (secondary N) is 1. The predicted octanol–water partition coefficient (Wildman–Crippen LogP) is 4.80. The van der Waals surface area contributed by atoms with Crippen LogP contribution in [0.2, 0.25) is 0 Å². The van der Waals surface area contributed by atoms with E-state index in [-0.39, 0.29) is 5.91 Å². The van der Waals surface area contributed by atoms with Gasteiger partial charge in [-0.3, -0.25) is 4.79 Å². The van der Waals surface area contributed by atoms with E-state index in [4.69, 9.17) is 9.47 Å². The summed E-state index contributed by atoms with van der Waals surface area (Å²) in [6, 6.07) is 13.5. The first-order valence-corrected chi connectivity index (χ1v) is 9.08. The summed E-state index contributed by atoms with van der Waals surface area (Å²) in [5.41, 5.74) is 1.93. The van der Waals surface area contributed by atoms with Gasteiger partial charge < -0.3 is 14.8 Å². The summed E-state index contributed by atoms with van der Waals surface area (Å²) in [5, 5.41) is 2.95. The topological polar surface area (TPSA) is 47.6 Å². The van der Waals surface area contributed by atoms with Gasteiger partial charge in [0.25, 0.3) is 0 Å². The second-order valence-corrected chi connectivity index (χ2v) is 6.58. The Hall–Kier alpha value is -1.76. The van der Waals surface area contributed by atoms with E-state index in [1.807, 2.05) is 56.3 Å². The van der Waals surface area contributed by atoms with Gasteiger partial charge in [-0.25, -0.2) is 0 Å². The molecule has 4 nitrogen and oxygen atoms in total. The Labute approximate surface area is 156 Å². The first kappa shape index (κ1) is 18.6. The molecule has 24 heavy (non-hydrogen) atoms. The van der Waals surface area contributed by atoms with Gasteiger partial charge in [0.1, 0.15) is 0 Å². The van der Waals surface area contributed by atoms with Crippen LogP contribution in [0.25, 0.3) is 0 Å². The van der Waals surface area contributed by atoms with E-state index in [0.717, 1.165) is 20.6 Å². The molecule has 0 aliphatic carbocycles. The lowest BCUT2D eigenvalue weighted by Gasteiger charge is -2.12. The van der Waals surface area contributed by atoms with Gasteiger partial charge >= 0.3 is 0 Å². The quantitative estimate of drug-likeness (QED) is 0.475. The molecule has 0 saturated carbocycles. The third-order valence-electron chi connectivity index (χ3n) is 3.42. The van der Waals surface area contributed by atoms with E-state index in [1.54, 1.807) is 0 Å². The third-order valence-corrected chi connectivity index (χ3v) is 4.09. The fraction of sp³-hybridized carbons (Fsp3) is 0.316. The van der Waals surface area contributed by atoms with Gasteiger partial charge in [0.15, 0.2) is 11.5 Å². The van der Waals surface area contributed by atoms with Crippen LogP contribution in [0.4, 0.5) is 5.69 Å². The Bertz CT molecular complexity index is 688. The summed E-state index contributed by atoms with van der Waals surface area (Å²) < 4.78 is 12.4. The highest BCUT2D eigenvalue weighted by Gasteiger charge is 2.07. The van der Waals surface area contributed by atoms with E-state index in [9.17, 15) is 4.79 Å². The fourth-order valence-corrected chi connectivity index (χ4v) is 2.89. The Morgan fingerprint density at radius 2 is 1.83 bits per heavy atom. The summed E-state index contributed by atoms with van der Waals surface area (Å²) in [6.07, 6.45) is 1.07. The second-order valence-electron chi connectivity index (χ2n) is 5.34. The molecule has 0 bridgehead atoms. The number of amides is 1. The molecule has 1 N–H and O–H groups in total. The molecule has 1 amide bonds. The minimum absolute atomic E-state index is 0.000927. The monoisotopic (exact) mass is 439 g/mol. The molecule has 0 saturated heterocycles. The van der Waals surface area contributed by atoms with Crippen LogP contribution in [0.5, 0.6) is 11.5 Å². The van der Waals surface area contributed by atoms with Crippen LogP contribution in [0, 0.1) is 10.5 Å². The minimum atomic E-state index is 0.000927. The molecule has 2 aromatic rings. The molecule has 0 unspecified atom stereocenters. The van der Waals surface area contributed by atoms with Crippen molar-refractivity contribution in [3.05, 3.63) is 51.6 Å². The van der Waals surface area contributed by atoms with Crippen molar-refractivity contribution >= 4 is 34.2 Å². The smallest absolute Gasteiger partial charge is 0.224 e. The second kappa shape index (κ2) is 9.52. The first-order chi connectivity index (χ1) is 11.6. The molecule has 5 heteroatoms. The van der Waals surface area contributed by atoms with Gasteiger partial charge in [-0.2, -0.15) is 0 Å². The molecular weight excluding hydrogens is 417 g/mol. The van der Waals surface area contributed by atoms with Gasteiger partial charge in [-0.05, 0) is 78.8 Å². The summed E-state index contributed by atoms with van der Waals surface area (Å²) in [4.78, 5) is 12.0. The van der Waals surface area contributed by atoms with Crippen molar-refractivity contribution in [2.75, 3.05) is 18.5 Å². The number of ether oxygens (including phenoxy) is 2. The maximum atomic E-state index is 12.0. The summed E-state index contributed by atoms with van der Waals surface area (Å²) in [7, 11) is 0. The lowest BCUT2D eigenvalue weighted by atomic mass is 10.2. The molecule has 0 aliphatic rings. The van der Waals surface area contributed by atoms with Crippen LogP contribution in [0.3, 0.4) is 0 Å².